The van der Waals surface area contributed by atoms with Gasteiger partial charge in [0.05, 0.1) is 11.9 Å². The van der Waals surface area contributed by atoms with Gasteiger partial charge in [-0.2, -0.15) is 5.10 Å². The van der Waals surface area contributed by atoms with Crippen molar-refractivity contribution in [2.24, 2.45) is 17.8 Å². The van der Waals surface area contributed by atoms with Gasteiger partial charge in [-0.15, -0.1) is 0 Å². The van der Waals surface area contributed by atoms with Gasteiger partial charge in [0.25, 0.3) is 0 Å². The van der Waals surface area contributed by atoms with Gasteiger partial charge >= 0.3 is 0 Å². The van der Waals surface area contributed by atoms with E-state index in [9.17, 15) is 4.79 Å². The molecule has 0 saturated heterocycles. The summed E-state index contributed by atoms with van der Waals surface area (Å²) >= 11 is 0. The Morgan fingerprint density at radius 2 is 2.00 bits per heavy atom. The normalized spacial score (nSPS) is 12.3. The van der Waals surface area contributed by atoms with E-state index in [1.54, 1.807) is 37.1 Å². The third kappa shape index (κ3) is 4.19. The lowest BCUT2D eigenvalue weighted by Gasteiger charge is -2.14. The Balaban J connectivity index is 2.09. The molecule has 0 aliphatic carbocycles. The van der Waals surface area contributed by atoms with Gasteiger partial charge in [-0.05, 0) is 50.1 Å². The summed E-state index contributed by atoms with van der Waals surface area (Å²) in [6.07, 6.45) is 8.02. The first-order chi connectivity index (χ1) is 17.2. The number of aliphatic imine (C=N–C) groups is 1. The van der Waals surface area contributed by atoms with Crippen LogP contribution in [0.2, 0.25) is 0 Å². The van der Waals surface area contributed by atoms with Crippen LogP contribution in [0.1, 0.15) is 23.6 Å². The van der Waals surface area contributed by atoms with E-state index < -0.39 is 11.7 Å². The molecule has 0 atom stereocenters. The van der Waals surface area contributed by atoms with Gasteiger partial charge < -0.3 is 16.0 Å². The van der Waals surface area contributed by atoms with Crippen LogP contribution >= 0.6 is 0 Å². The number of aromatic nitrogens is 4. The van der Waals surface area contributed by atoms with E-state index in [0.29, 0.717) is 22.5 Å². The molecule has 4 rings (SSSR count). The predicted molar refractivity (Wildman–Crippen MR) is 143 cm³/mol. The fraction of sp³-hybridized carbons (Fsp3) is 0.185. The second kappa shape index (κ2) is 9.61. The van der Waals surface area contributed by atoms with Crippen LogP contribution in [0.4, 0.5) is 10.1 Å². The van der Waals surface area contributed by atoms with Crippen molar-refractivity contribution in [3.8, 4) is 22.4 Å². The number of hydrogen-bond acceptors (Lipinski definition) is 5. The summed E-state index contributed by atoms with van der Waals surface area (Å²) < 4.78 is 16.9. The average molecular weight is 486 g/mol. The molecule has 0 saturated carbocycles. The highest BCUT2D eigenvalue weighted by Crippen LogP contribution is 2.42. The summed E-state index contributed by atoms with van der Waals surface area (Å²) in [6, 6.07) is 3.22. The molecule has 0 spiro atoms. The van der Waals surface area contributed by atoms with Gasteiger partial charge in [0, 0.05) is 77.3 Å². The molecule has 0 radical (unpaired) electrons. The van der Waals surface area contributed by atoms with Gasteiger partial charge in [-0.25, -0.2) is 9.37 Å². The maximum Gasteiger partial charge on any atom is 0.247 e. The van der Waals surface area contributed by atoms with E-state index in [4.69, 9.17) is 5.73 Å². The lowest BCUT2D eigenvalue weighted by molar-refractivity contribution is -0.111. The molecule has 1 amide bonds. The van der Waals surface area contributed by atoms with E-state index in [1.807, 2.05) is 27.1 Å². The molecule has 4 aromatic rings. The Labute approximate surface area is 208 Å². The SMILES string of the molecule is C=CC(=O)Nc1cc(-c2c(-c3cnn(C)c3)[nH]c3ncc(/C(=C/N)C(C)=NC)c(C)c23)cc(F)c1C. The summed E-state index contributed by atoms with van der Waals surface area (Å²) in [6.45, 7) is 8.96. The highest BCUT2D eigenvalue weighted by atomic mass is 19.1. The highest BCUT2D eigenvalue weighted by molar-refractivity contribution is 6.23. The molecule has 0 unspecified atom stereocenters. The first-order valence-electron chi connectivity index (χ1n) is 11.3. The Bertz CT molecular complexity index is 1570. The molecular weight excluding hydrogens is 457 g/mol. The van der Waals surface area contributed by atoms with E-state index in [0.717, 1.165) is 50.7 Å². The highest BCUT2D eigenvalue weighted by Gasteiger charge is 2.23. The fourth-order valence-corrected chi connectivity index (χ4v) is 4.30. The number of nitrogens with one attached hydrogen (secondary N) is 2. The lowest BCUT2D eigenvalue weighted by Crippen LogP contribution is -2.09. The molecule has 0 aliphatic rings. The second-order valence-corrected chi connectivity index (χ2v) is 8.51. The maximum atomic E-state index is 15.2. The van der Waals surface area contributed by atoms with Crippen molar-refractivity contribution < 1.29 is 9.18 Å². The number of hydrogen-bond donors (Lipinski definition) is 3. The van der Waals surface area contributed by atoms with Crippen LogP contribution < -0.4 is 11.1 Å². The van der Waals surface area contributed by atoms with Crippen LogP contribution in [0.15, 0.2) is 54.6 Å². The monoisotopic (exact) mass is 485 g/mol. The number of fused-ring (bicyclic) bond motifs is 1. The Morgan fingerprint density at radius 3 is 2.61 bits per heavy atom. The molecule has 184 valence electrons. The summed E-state index contributed by atoms with van der Waals surface area (Å²) in [7, 11) is 3.53. The standard InChI is InChI=1S/C27H28FN7O/c1-7-23(36)33-22-9-17(8-21(28)15(22)3)25-24-14(2)20(19(10-29)16(4)30-5)12-31-27(24)34-26(25)18-11-32-35(6)13-18/h7-13H,1,29H2,2-6H3,(H,31,34)(H,33,36)/b19-10+,30-16?. The number of benzene rings is 1. The van der Waals surface area contributed by atoms with Crippen molar-refractivity contribution in [1.29, 1.82) is 0 Å². The van der Waals surface area contributed by atoms with Gasteiger partial charge in [-0.3, -0.25) is 14.5 Å². The summed E-state index contributed by atoms with van der Waals surface area (Å²) in [5.74, 6) is -0.870. The number of nitrogens with two attached hydrogens (primary N) is 1. The fourth-order valence-electron chi connectivity index (χ4n) is 4.30. The minimum atomic E-state index is -0.448. The third-order valence-electron chi connectivity index (χ3n) is 6.33. The zero-order chi connectivity index (χ0) is 26.1. The van der Waals surface area contributed by atoms with Crippen LogP contribution in [0.3, 0.4) is 0 Å². The number of rotatable bonds is 6. The zero-order valence-electron chi connectivity index (χ0n) is 20.9. The summed E-state index contributed by atoms with van der Waals surface area (Å²) in [5, 5.41) is 7.82. The maximum absolute atomic E-state index is 15.2. The van der Waals surface area contributed by atoms with Crippen molar-refractivity contribution in [2.75, 3.05) is 12.4 Å². The number of nitrogens with zero attached hydrogens (tertiary/aromatic N) is 4. The van der Waals surface area contributed by atoms with Gasteiger partial charge in [0.15, 0.2) is 0 Å². The van der Waals surface area contributed by atoms with Gasteiger partial charge in [-0.1, -0.05) is 6.58 Å². The molecule has 4 N–H and O–H groups in total. The van der Waals surface area contributed by atoms with E-state index in [-0.39, 0.29) is 0 Å². The Kier molecular flexibility index (Phi) is 6.57. The van der Waals surface area contributed by atoms with Crippen LogP contribution in [0.5, 0.6) is 0 Å². The number of pyridine rings is 1. The summed E-state index contributed by atoms with van der Waals surface area (Å²) in [5.41, 5.74) is 13.4. The number of carbonyl (C=O) groups is 1. The minimum Gasteiger partial charge on any atom is -0.404 e. The number of aryl methyl sites for hydroxylation is 2. The Hall–Kier alpha value is -4.53. The smallest absolute Gasteiger partial charge is 0.247 e. The first kappa shape index (κ1) is 24.6. The molecule has 3 aromatic heterocycles. The number of halogens is 1. The zero-order valence-corrected chi connectivity index (χ0v) is 20.9. The van der Waals surface area contributed by atoms with Crippen LogP contribution in [0, 0.1) is 19.7 Å². The van der Waals surface area contributed by atoms with Crippen molar-refractivity contribution in [1.82, 2.24) is 19.7 Å². The average Bonchev–Trinajstić information content (AvgIpc) is 3.47. The van der Waals surface area contributed by atoms with Crippen LogP contribution in [-0.2, 0) is 11.8 Å². The summed E-state index contributed by atoms with van der Waals surface area (Å²) in [4.78, 5) is 24.4. The predicted octanol–water partition coefficient (Wildman–Crippen LogP) is 4.90. The quantitative estimate of drug-likeness (QED) is 0.266. The van der Waals surface area contributed by atoms with E-state index in [1.165, 1.54) is 12.3 Å². The third-order valence-corrected chi connectivity index (χ3v) is 6.33. The van der Waals surface area contributed by atoms with Crippen molar-refractivity contribution >= 4 is 33.9 Å². The topological polar surface area (TPSA) is 114 Å². The molecular formula is C27H28FN7O. The second-order valence-electron chi connectivity index (χ2n) is 8.51. The molecule has 8 nitrogen and oxygen atoms in total. The van der Waals surface area contributed by atoms with Gasteiger partial charge in [0.1, 0.15) is 11.5 Å². The van der Waals surface area contributed by atoms with Gasteiger partial charge in [0.2, 0.25) is 5.91 Å². The molecule has 9 heteroatoms. The number of allylic oxidation sites excluding steroid dienone is 1. The van der Waals surface area contributed by atoms with E-state index in [2.05, 4.69) is 32.0 Å². The number of H-pyrrole nitrogens is 1. The molecule has 0 bridgehead atoms. The molecule has 3 heterocycles. The van der Waals surface area contributed by atoms with Crippen LogP contribution in [-0.4, -0.2) is 38.4 Å². The number of carbonyl (C=O) groups excluding carboxylic acids is 1. The van der Waals surface area contributed by atoms with Crippen LogP contribution in [0.25, 0.3) is 39.0 Å². The molecule has 0 fully saturated rings. The number of anilines is 1. The number of aromatic amines is 1. The van der Waals surface area contributed by atoms with Crippen molar-refractivity contribution in [3.05, 3.63) is 72.1 Å². The molecule has 36 heavy (non-hydrogen) atoms. The first-order valence-corrected chi connectivity index (χ1v) is 11.3. The molecule has 1 aromatic carbocycles. The molecule has 0 aliphatic heterocycles. The van der Waals surface area contributed by atoms with Crippen molar-refractivity contribution in [3.63, 3.8) is 0 Å². The Morgan fingerprint density at radius 1 is 1.25 bits per heavy atom. The lowest BCUT2D eigenvalue weighted by atomic mass is 9.92. The van der Waals surface area contributed by atoms with Crippen molar-refractivity contribution in [2.45, 2.75) is 20.8 Å². The largest absolute Gasteiger partial charge is 0.404 e. The number of amides is 1. The minimum absolute atomic E-state index is 0.329. The van der Waals surface area contributed by atoms with E-state index >= 15 is 4.39 Å².